The van der Waals surface area contributed by atoms with Crippen molar-refractivity contribution in [2.24, 2.45) is 0 Å². The zero-order chi connectivity index (χ0) is 29.3. The normalized spacial score (nSPS) is 17.0. The van der Waals surface area contributed by atoms with Crippen molar-refractivity contribution in [1.29, 1.82) is 0 Å². The van der Waals surface area contributed by atoms with Crippen molar-refractivity contribution in [3.05, 3.63) is 60.0 Å². The van der Waals surface area contributed by atoms with Crippen LogP contribution in [0.15, 0.2) is 47.5 Å². The summed E-state index contributed by atoms with van der Waals surface area (Å²) in [6, 6.07) is 6.22. The zero-order valence-electron chi connectivity index (χ0n) is 24.6. The molecule has 12 nitrogen and oxygen atoms in total. The zero-order valence-corrected chi connectivity index (χ0v) is 24.6. The highest BCUT2D eigenvalue weighted by molar-refractivity contribution is 6.03. The molecule has 0 aliphatic carbocycles. The summed E-state index contributed by atoms with van der Waals surface area (Å²) in [6.45, 7) is 13.6. The Balaban J connectivity index is 1.15. The summed E-state index contributed by atoms with van der Waals surface area (Å²) in [5, 5.41) is 15.5. The average Bonchev–Trinajstić information content (AvgIpc) is 3.69. The second-order valence-corrected chi connectivity index (χ2v) is 12.0. The van der Waals surface area contributed by atoms with Crippen LogP contribution >= 0.6 is 0 Å². The molecule has 42 heavy (non-hydrogen) atoms. The third-order valence-corrected chi connectivity index (χ3v) is 7.96. The fraction of sp³-hybridized carbons (Fsp3) is 0.467. The first-order valence-corrected chi connectivity index (χ1v) is 14.4. The standard InChI is InChI=1S/C30H37N9O3/c1-20-26(14-22(17-32-20)29(40)33-28-15-27(42-35-28)30(2,3)4)39-19-25(34-36-39)21-13-24(18-31-16-21)37-7-5-23(6-8-37)38-9-11-41-12-10-38/h13-19,23H,5-12H2,1-4H3,(H,33,35,40). The van der Waals surface area contributed by atoms with E-state index in [9.17, 15) is 4.79 Å². The third kappa shape index (κ3) is 6.04. The topological polar surface area (TPSA) is 127 Å². The predicted octanol–water partition coefficient (Wildman–Crippen LogP) is 3.87. The van der Waals surface area contributed by atoms with Gasteiger partial charge in [0.2, 0.25) is 0 Å². The number of anilines is 2. The number of amides is 1. The maximum atomic E-state index is 13.0. The molecule has 6 heterocycles. The van der Waals surface area contributed by atoms with Crippen LogP contribution in [-0.4, -0.2) is 86.4 Å². The molecule has 12 heteroatoms. The van der Waals surface area contributed by atoms with E-state index in [1.807, 2.05) is 40.1 Å². The number of hydrogen-bond donors (Lipinski definition) is 1. The molecule has 0 bridgehead atoms. The van der Waals surface area contributed by atoms with E-state index in [4.69, 9.17) is 9.26 Å². The average molecular weight is 572 g/mol. The van der Waals surface area contributed by atoms with Crippen LogP contribution in [0, 0.1) is 6.92 Å². The van der Waals surface area contributed by atoms with Crippen LogP contribution in [0.25, 0.3) is 16.9 Å². The van der Waals surface area contributed by atoms with Gasteiger partial charge < -0.3 is 19.5 Å². The van der Waals surface area contributed by atoms with Gasteiger partial charge >= 0.3 is 0 Å². The summed E-state index contributed by atoms with van der Waals surface area (Å²) in [5.41, 5.74) is 4.20. The molecule has 0 aromatic carbocycles. The second-order valence-electron chi connectivity index (χ2n) is 12.0. The van der Waals surface area contributed by atoms with E-state index in [0.717, 1.165) is 69.2 Å². The summed E-state index contributed by atoms with van der Waals surface area (Å²) in [5.74, 6) is 0.701. The minimum absolute atomic E-state index is 0.214. The third-order valence-electron chi connectivity index (χ3n) is 7.96. The van der Waals surface area contributed by atoms with Crippen molar-refractivity contribution in [1.82, 2.24) is 35.0 Å². The lowest BCUT2D eigenvalue weighted by Crippen LogP contribution is -2.49. The van der Waals surface area contributed by atoms with Gasteiger partial charge in [0.25, 0.3) is 5.91 Å². The van der Waals surface area contributed by atoms with E-state index >= 15 is 0 Å². The van der Waals surface area contributed by atoms with Crippen LogP contribution in [0.5, 0.6) is 0 Å². The SMILES string of the molecule is Cc1ncc(C(=O)Nc2cc(C(C)(C)C)on2)cc1-n1cc(-c2cncc(N3CCC(N4CCOCC4)CC3)c2)nn1. The van der Waals surface area contributed by atoms with Gasteiger partial charge in [-0.25, -0.2) is 4.68 Å². The van der Waals surface area contributed by atoms with Crippen molar-refractivity contribution in [3.63, 3.8) is 0 Å². The Labute approximate surface area is 245 Å². The van der Waals surface area contributed by atoms with E-state index in [1.54, 1.807) is 23.0 Å². The quantitative estimate of drug-likeness (QED) is 0.364. The predicted molar refractivity (Wildman–Crippen MR) is 158 cm³/mol. The van der Waals surface area contributed by atoms with Crippen molar-refractivity contribution in [2.75, 3.05) is 49.6 Å². The molecule has 2 aliphatic rings. The monoisotopic (exact) mass is 571 g/mol. The first-order chi connectivity index (χ1) is 20.2. The van der Waals surface area contributed by atoms with E-state index < -0.39 is 0 Å². The Morgan fingerprint density at radius 1 is 1.02 bits per heavy atom. The Bertz CT molecular complexity index is 1540. The van der Waals surface area contributed by atoms with E-state index in [-0.39, 0.29) is 11.3 Å². The lowest BCUT2D eigenvalue weighted by atomic mass is 9.93. The first-order valence-electron chi connectivity index (χ1n) is 14.4. The lowest BCUT2D eigenvalue weighted by Gasteiger charge is -2.40. The summed E-state index contributed by atoms with van der Waals surface area (Å²) < 4.78 is 12.5. The van der Waals surface area contributed by atoms with Crippen LogP contribution < -0.4 is 10.2 Å². The van der Waals surface area contributed by atoms with E-state index in [1.165, 1.54) is 6.20 Å². The van der Waals surface area contributed by atoms with Gasteiger partial charge in [-0.15, -0.1) is 5.10 Å². The molecule has 0 radical (unpaired) electrons. The van der Waals surface area contributed by atoms with Crippen LogP contribution in [0.1, 0.15) is 55.4 Å². The summed E-state index contributed by atoms with van der Waals surface area (Å²) >= 11 is 0. The van der Waals surface area contributed by atoms with Crippen molar-refractivity contribution < 1.29 is 14.1 Å². The minimum Gasteiger partial charge on any atom is -0.379 e. The molecule has 1 N–H and O–H groups in total. The van der Waals surface area contributed by atoms with Crippen LogP contribution in [-0.2, 0) is 10.2 Å². The molecule has 2 aliphatic heterocycles. The van der Waals surface area contributed by atoms with Gasteiger partial charge in [-0.05, 0) is 31.9 Å². The number of piperidine rings is 1. The number of ether oxygens (including phenoxy) is 1. The molecule has 4 aromatic rings. The summed E-state index contributed by atoms with van der Waals surface area (Å²) in [6.07, 6.45) is 9.35. The molecule has 4 aromatic heterocycles. The summed E-state index contributed by atoms with van der Waals surface area (Å²) in [7, 11) is 0. The van der Waals surface area contributed by atoms with Gasteiger partial charge in [-0.3, -0.25) is 19.7 Å². The number of nitrogens with zero attached hydrogens (tertiary/aromatic N) is 8. The molecule has 1 amide bonds. The number of carbonyl (C=O) groups is 1. The maximum absolute atomic E-state index is 13.0. The number of rotatable bonds is 6. The fourth-order valence-corrected chi connectivity index (χ4v) is 5.44. The molecular weight excluding hydrogens is 534 g/mol. The van der Waals surface area contributed by atoms with Gasteiger partial charge in [0.15, 0.2) is 5.82 Å². The van der Waals surface area contributed by atoms with Crippen molar-refractivity contribution >= 4 is 17.4 Å². The van der Waals surface area contributed by atoms with Gasteiger partial charge in [0.05, 0.1) is 48.2 Å². The lowest BCUT2D eigenvalue weighted by molar-refractivity contribution is 0.0115. The van der Waals surface area contributed by atoms with E-state index in [2.05, 4.69) is 46.6 Å². The van der Waals surface area contributed by atoms with Crippen LogP contribution in [0.3, 0.4) is 0 Å². The minimum atomic E-state index is -0.341. The molecule has 6 rings (SSSR count). The van der Waals surface area contributed by atoms with Gasteiger partial charge in [0.1, 0.15) is 11.5 Å². The smallest absolute Gasteiger partial charge is 0.258 e. The molecule has 0 atom stereocenters. The van der Waals surface area contributed by atoms with Crippen LogP contribution in [0.4, 0.5) is 11.5 Å². The molecule has 0 unspecified atom stereocenters. The molecule has 2 fully saturated rings. The number of morpholine rings is 1. The number of nitrogens with one attached hydrogen (secondary N) is 1. The Morgan fingerprint density at radius 2 is 1.81 bits per heavy atom. The number of carbonyl (C=O) groups excluding carboxylic acids is 1. The highest BCUT2D eigenvalue weighted by atomic mass is 16.5. The number of hydrogen-bond acceptors (Lipinski definition) is 10. The Morgan fingerprint density at radius 3 is 2.55 bits per heavy atom. The highest BCUT2D eigenvalue weighted by Gasteiger charge is 2.26. The molecule has 0 saturated carbocycles. The fourth-order valence-electron chi connectivity index (χ4n) is 5.44. The first kappa shape index (κ1) is 28.0. The molecule has 220 valence electrons. The molecular formula is C30H37N9O3. The molecule has 2 saturated heterocycles. The highest BCUT2D eigenvalue weighted by Crippen LogP contribution is 2.28. The van der Waals surface area contributed by atoms with Gasteiger partial charge in [-0.2, -0.15) is 0 Å². The summed E-state index contributed by atoms with van der Waals surface area (Å²) in [4.78, 5) is 26.9. The number of pyridine rings is 2. The van der Waals surface area contributed by atoms with Crippen molar-refractivity contribution in [2.45, 2.75) is 52.0 Å². The maximum Gasteiger partial charge on any atom is 0.258 e. The Kier molecular flexibility index (Phi) is 7.74. The van der Waals surface area contributed by atoms with Crippen molar-refractivity contribution in [3.8, 4) is 16.9 Å². The second kappa shape index (κ2) is 11.6. The number of aromatic nitrogens is 6. The van der Waals surface area contributed by atoms with E-state index in [0.29, 0.717) is 34.6 Å². The van der Waals surface area contributed by atoms with Gasteiger partial charge in [0, 0.05) is 61.7 Å². The van der Waals surface area contributed by atoms with Gasteiger partial charge in [-0.1, -0.05) is 31.1 Å². The largest absolute Gasteiger partial charge is 0.379 e. The molecule has 0 spiro atoms. The number of aryl methyl sites for hydroxylation is 1. The van der Waals surface area contributed by atoms with Crippen LogP contribution in [0.2, 0.25) is 0 Å². The Hall–Kier alpha value is -4.16.